The lowest BCUT2D eigenvalue weighted by atomic mass is 10.0. The Balaban J connectivity index is 0.00000242. The lowest BCUT2D eigenvalue weighted by Crippen LogP contribution is -2.52. The van der Waals surface area contributed by atoms with Crippen LogP contribution in [0.2, 0.25) is 0 Å². The van der Waals surface area contributed by atoms with E-state index in [1.165, 1.54) is 38.6 Å². The molecule has 1 N–H and O–H groups in total. The molecule has 2 heterocycles. The van der Waals surface area contributed by atoms with Gasteiger partial charge < -0.3 is 10.2 Å². The summed E-state index contributed by atoms with van der Waals surface area (Å²) >= 11 is 0. The molecule has 0 aromatic heterocycles. The monoisotopic (exact) mass is 422 g/mol. The highest BCUT2D eigenvalue weighted by Crippen LogP contribution is 2.19. The minimum Gasteiger partial charge on any atom is -0.355 e. The number of nitrogens with one attached hydrogen (secondary N) is 1. The van der Waals surface area contributed by atoms with Gasteiger partial charge in [-0.3, -0.25) is 9.89 Å². The predicted molar refractivity (Wildman–Crippen MR) is 106 cm³/mol. The van der Waals surface area contributed by atoms with Gasteiger partial charge in [-0.1, -0.05) is 13.3 Å². The van der Waals surface area contributed by atoms with Crippen molar-refractivity contribution in [1.82, 2.24) is 15.1 Å². The Morgan fingerprint density at radius 3 is 2.59 bits per heavy atom. The molecular formula is C17H35IN4. The quantitative estimate of drug-likeness (QED) is 0.431. The fourth-order valence-corrected chi connectivity index (χ4v) is 3.85. The van der Waals surface area contributed by atoms with Gasteiger partial charge in [0, 0.05) is 38.8 Å². The highest BCUT2D eigenvalue weighted by molar-refractivity contribution is 14.0. The van der Waals surface area contributed by atoms with E-state index in [9.17, 15) is 0 Å². The van der Waals surface area contributed by atoms with Gasteiger partial charge in [0.2, 0.25) is 0 Å². The molecule has 2 rings (SSSR count). The van der Waals surface area contributed by atoms with Crippen LogP contribution >= 0.6 is 24.0 Å². The fraction of sp³-hybridized carbons (Fsp3) is 0.941. The molecule has 2 aliphatic heterocycles. The van der Waals surface area contributed by atoms with E-state index in [1.807, 2.05) is 7.05 Å². The van der Waals surface area contributed by atoms with Crippen LogP contribution in [0.3, 0.4) is 0 Å². The number of nitrogens with zero attached hydrogens (tertiary/aromatic N) is 3. The molecule has 5 heteroatoms. The summed E-state index contributed by atoms with van der Waals surface area (Å²) < 4.78 is 0. The Bertz CT molecular complexity index is 348. The van der Waals surface area contributed by atoms with E-state index in [2.05, 4.69) is 40.9 Å². The first-order valence-electron chi connectivity index (χ1n) is 8.83. The number of aliphatic imine (C=N–C) groups is 1. The van der Waals surface area contributed by atoms with Crippen LogP contribution in [0.4, 0.5) is 0 Å². The molecule has 0 saturated carbocycles. The smallest absolute Gasteiger partial charge is 0.193 e. The molecule has 22 heavy (non-hydrogen) atoms. The molecule has 2 aliphatic rings. The van der Waals surface area contributed by atoms with E-state index < -0.39 is 0 Å². The molecule has 4 nitrogen and oxygen atoms in total. The molecule has 3 atom stereocenters. The zero-order valence-corrected chi connectivity index (χ0v) is 17.2. The average molecular weight is 422 g/mol. The van der Waals surface area contributed by atoms with Crippen molar-refractivity contribution in [2.75, 3.05) is 33.2 Å². The second kappa shape index (κ2) is 9.96. The number of likely N-dealkylation sites (tertiary alicyclic amines) is 2. The molecule has 0 bridgehead atoms. The Hall–Kier alpha value is -0.0400. The van der Waals surface area contributed by atoms with E-state index in [0.717, 1.165) is 37.6 Å². The minimum atomic E-state index is 0. The number of halogens is 1. The molecule has 3 unspecified atom stereocenters. The Kier molecular flexibility index (Phi) is 9.05. The first-order chi connectivity index (χ1) is 10.1. The van der Waals surface area contributed by atoms with Gasteiger partial charge >= 0.3 is 0 Å². The molecule has 0 aromatic carbocycles. The third kappa shape index (κ3) is 5.55. The van der Waals surface area contributed by atoms with Gasteiger partial charge in [-0.05, 0) is 52.0 Å². The van der Waals surface area contributed by atoms with Gasteiger partial charge in [-0.2, -0.15) is 0 Å². The molecule has 2 fully saturated rings. The zero-order valence-electron chi connectivity index (χ0n) is 14.8. The van der Waals surface area contributed by atoms with Crippen molar-refractivity contribution in [2.24, 2.45) is 10.9 Å². The molecule has 0 aliphatic carbocycles. The zero-order chi connectivity index (χ0) is 15.2. The number of hydrogen-bond acceptors (Lipinski definition) is 2. The van der Waals surface area contributed by atoms with Crippen molar-refractivity contribution in [3.8, 4) is 0 Å². The molecule has 0 amide bonds. The third-order valence-electron chi connectivity index (χ3n) is 5.14. The van der Waals surface area contributed by atoms with Crippen LogP contribution < -0.4 is 5.32 Å². The molecule has 0 spiro atoms. The Morgan fingerprint density at radius 2 is 1.95 bits per heavy atom. The Labute approximate surface area is 154 Å². The highest BCUT2D eigenvalue weighted by Gasteiger charge is 2.24. The molecule has 2 saturated heterocycles. The number of hydrogen-bond donors (Lipinski definition) is 1. The first kappa shape index (κ1) is 20.0. The van der Waals surface area contributed by atoms with Crippen molar-refractivity contribution >= 4 is 29.9 Å². The van der Waals surface area contributed by atoms with Crippen LogP contribution in [-0.4, -0.2) is 61.1 Å². The van der Waals surface area contributed by atoms with Crippen LogP contribution in [0.5, 0.6) is 0 Å². The van der Waals surface area contributed by atoms with E-state index in [0.29, 0.717) is 6.04 Å². The third-order valence-corrected chi connectivity index (χ3v) is 5.14. The van der Waals surface area contributed by atoms with E-state index in [4.69, 9.17) is 0 Å². The first-order valence-corrected chi connectivity index (χ1v) is 8.83. The molecular weight excluding hydrogens is 387 g/mol. The standard InChI is InChI=1S/C17H34N4.HI/c1-14-8-7-10-20(13-14)17(18-4)19-12-16(3)21-11-6-5-9-15(21)2;/h14-16H,5-13H2,1-4H3,(H,18,19);1H. The number of guanidine groups is 1. The van der Waals surface area contributed by atoms with Crippen LogP contribution in [0.25, 0.3) is 0 Å². The topological polar surface area (TPSA) is 30.9 Å². The molecule has 130 valence electrons. The maximum Gasteiger partial charge on any atom is 0.193 e. The SMILES string of the molecule is CN=C(NCC(C)N1CCCCC1C)N1CCCC(C)C1.I. The second-order valence-electron chi connectivity index (χ2n) is 7.05. The number of rotatable bonds is 3. The largest absolute Gasteiger partial charge is 0.355 e. The van der Waals surface area contributed by atoms with Crippen LogP contribution in [-0.2, 0) is 0 Å². The number of piperidine rings is 2. The summed E-state index contributed by atoms with van der Waals surface area (Å²) in [6.07, 6.45) is 6.75. The summed E-state index contributed by atoms with van der Waals surface area (Å²) in [5.74, 6) is 1.88. The summed E-state index contributed by atoms with van der Waals surface area (Å²) in [5, 5.41) is 3.61. The van der Waals surface area contributed by atoms with Gasteiger partial charge in [-0.15, -0.1) is 24.0 Å². The Morgan fingerprint density at radius 1 is 1.18 bits per heavy atom. The van der Waals surface area contributed by atoms with Gasteiger partial charge in [0.05, 0.1) is 0 Å². The van der Waals surface area contributed by atoms with E-state index in [-0.39, 0.29) is 24.0 Å². The van der Waals surface area contributed by atoms with Crippen molar-refractivity contribution < 1.29 is 0 Å². The normalized spacial score (nSPS) is 28.9. The van der Waals surface area contributed by atoms with E-state index in [1.54, 1.807) is 0 Å². The highest BCUT2D eigenvalue weighted by atomic mass is 127. The lowest BCUT2D eigenvalue weighted by molar-refractivity contribution is 0.115. The minimum absolute atomic E-state index is 0. The van der Waals surface area contributed by atoms with Crippen molar-refractivity contribution in [3.05, 3.63) is 0 Å². The van der Waals surface area contributed by atoms with Gasteiger partial charge in [-0.25, -0.2) is 0 Å². The summed E-state index contributed by atoms with van der Waals surface area (Å²) in [4.78, 5) is 9.58. The van der Waals surface area contributed by atoms with Crippen LogP contribution in [0.1, 0.15) is 52.9 Å². The summed E-state index contributed by atoms with van der Waals surface area (Å²) in [5.41, 5.74) is 0. The summed E-state index contributed by atoms with van der Waals surface area (Å²) in [6.45, 7) is 11.6. The second-order valence-corrected chi connectivity index (χ2v) is 7.05. The van der Waals surface area contributed by atoms with Gasteiger partial charge in [0.15, 0.2) is 5.96 Å². The van der Waals surface area contributed by atoms with Gasteiger partial charge in [0.1, 0.15) is 0 Å². The fourth-order valence-electron chi connectivity index (χ4n) is 3.85. The van der Waals surface area contributed by atoms with E-state index >= 15 is 0 Å². The van der Waals surface area contributed by atoms with Crippen molar-refractivity contribution in [2.45, 2.75) is 65.0 Å². The molecule has 0 radical (unpaired) electrons. The van der Waals surface area contributed by atoms with Crippen LogP contribution in [0.15, 0.2) is 4.99 Å². The van der Waals surface area contributed by atoms with Gasteiger partial charge in [0.25, 0.3) is 0 Å². The van der Waals surface area contributed by atoms with Crippen molar-refractivity contribution in [3.63, 3.8) is 0 Å². The maximum atomic E-state index is 4.50. The average Bonchev–Trinajstić information content (AvgIpc) is 2.48. The lowest BCUT2D eigenvalue weighted by Gasteiger charge is -2.39. The maximum absolute atomic E-state index is 4.50. The van der Waals surface area contributed by atoms with Crippen molar-refractivity contribution in [1.29, 1.82) is 0 Å². The molecule has 0 aromatic rings. The summed E-state index contributed by atoms with van der Waals surface area (Å²) in [7, 11) is 1.91. The van der Waals surface area contributed by atoms with Crippen LogP contribution in [0, 0.1) is 5.92 Å². The predicted octanol–water partition coefficient (Wildman–Crippen LogP) is 3.17. The summed E-state index contributed by atoms with van der Waals surface area (Å²) in [6, 6.07) is 1.31.